The molecule has 7 fully saturated rings. The highest BCUT2D eigenvalue weighted by Gasteiger charge is 2.93. The Morgan fingerprint density at radius 1 is 1.16 bits per heavy atom. The molecule has 3 spiro atoms. The number of aliphatic hydroxyl groups is 1. The van der Waals surface area contributed by atoms with E-state index in [2.05, 4.69) is 12.2 Å². The van der Waals surface area contributed by atoms with Gasteiger partial charge in [-0.05, 0) is 25.2 Å². The van der Waals surface area contributed by atoms with Crippen LogP contribution in [0.2, 0.25) is 0 Å². The quantitative estimate of drug-likeness (QED) is 0.665. The first-order chi connectivity index (χ1) is 14.9. The van der Waals surface area contributed by atoms with E-state index in [1.165, 1.54) is 0 Å². The van der Waals surface area contributed by atoms with Crippen molar-refractivity contribution in [2.45, 2.75) is 74.3 Å². The van der Waals surface area contributed by atoms with Crippen molar-refractivity contribution in [2.24, 2.45) is 34.5 Å². The molecule has 0 aromatic heterocycles. The van der Waals surface area contributed by atoms with Crippen LogP contribution in [0.25, 0.3) is 0 Å². The number of nitrogens with one attached hydrogen (secondary N) is 1. The molecule has 2 heterocycles. The van der Waals surface area contributed by atoms with Crippen molar-refractivity contribution in [1.82, 2.24) is 5.32 Å². The summed E-state index contributed by atoms with van der Waals surface area (Å²) in [5, 5.41) is 15.1. The van der Waals surface area contributed by atoms with E-state index in [1.807, 2.05) is 0 Å². The largest absolute Gasteiger partial charge is 0.392 e. The summed E-state index contributed by atoms with van der Waals surface area (Å²) in [5.41, 5.74) is -2.55. The van der Waals surface area contributed by atoms with Gasteiger partial charge >= 0.3 is 0 Å². The Bertz CT molecular complexity index is 854. The van der Waals surface area contributed by atoms with Crippen molar-refractivity contribution in [1.29, 1.82) is 0 Å². The molecule has 7 aliphatic rings. The number of ether oxygens (including phenoxy) is 5. The van der Waals surface area contributed by atoms with Gasteiger partial charge in [0.2, 0.25) is 5.91 Å². The van der Waals surface area contributed by atoms with Gasteiger partial charge in [-0.25, -0.2) is 0 Å². The third-order valence-electron chi connectivity index (χ3n) is 11.2. The van der Waals surface area contributed by atoms with Crippen molar-refractivity contribution in [2.75, 3.05) is 28.1 Å². The van der Waals surface area contributed by atoms with Crippen LogP contribution in [-0.4, -0.2) is 80.8 Å². The first kappa shape index (κ1) is 19.7. The van der Waals surface area contributed by atoms with E-state index in [0.717, 1.165) is 19.3 Å². The highest BCUT2D eigenvalue weighted by molar-refractivity contribution is 5.86. The first-order valence-corrected chi connectivity index (χ1v) is 11.7. The minimum atomic E-state index is -0.866. The molecular formula is C23H33NO7. The van der Waals surface area contributed by atoms with E-state index in [-0.39, 0.29) is 66.1 Å². The SMILES string of the molecule is CO[C@H]1C[C@]23OCO[C@]24[C@@H](OC)[C@H]2[C@@]5([C@@H](OC)CC[C@@]2(C)C(=O)N[C@@H]54)[C@@H]2C[C@H]1[C@H](O)[C@@H]23. The predicted octanol–water partition coefficient (Wildman–Crippen LogP) is 0.459. The molecule has 1 amide bonds. The van der Waals surface area contributed by atoms with Gasteiger partial charge in [-0.1, -0.05) is 6.92 Å². The van der Waals surface area contributed by atoms with Gasteiger partial charge < -0.3 is 34.1 Å². The molecule has 0 aromatic carbocycles. The fourth-order valence-electron chi connectivity index (χ4n) is 10.5. The molecule has 2 saturated heterocycles. The van der Waals surface area contributed by atoms with Crippen LogP contribution >= 0.6 is 0 Å². The smallest absolute Gasteiger partial charge is 0.226 e. The monoisotopic (exact) mass is 435 g/mol. The Morgan fingerprint density at radius 3 is 2.68 bits per heavy atom. The minimum Gasteiger partial charge on any atom is -0.392 e. The van der Waals surface area contributed by atoms with Crippen LogP contribution in [0.3, 0.4) is 0 Å². The number of hydrogen-bond acceptors (Lipinski definition) is 7. The lowest BCUT2D eigenvalue weighted by atomic mass is 9.43. The van der Waals surface area contributed by atoms with Gasteiger partial charge in [-0.2, -0.15) is 0 Å². The van der Waals surface area contributed by atoms with E-state index in [1.54, 1.807) is 21.3 Å². The molecule has 5 saturated carbocycles. The summed E-state index contributed by atoms with van der Waals surface area (Å²) in [6, 6.07) is -0.272. The number of carbonyl (C=O) groups is 1. The van der Waals surface area contributed by atoms with Crippen molar-refractivity contribution in [3.63, 3.8) is 0 Å². The van der Waals surface area contributed by atoms with Gasteiger partial charge in [0.25, 0.3) is 0 Å². The van der Waals surface area contributed by atoms with Crippen LogP contribution in [0, 0.1) is 34.5 Å². The van der Waals surface area contributed by atoms with Crippen molar-refractivity contribution in [3.8, 4) is 0 Å². The Labute approximate surface area is 182 Å². The summed E-state index contributed by atoms with van der Waals surface area (Å²) < 4.78 is 31.7. The Morgan fingerprint density at radius 2 is 1.97 bits per heavy atom. The summed E-state index contributed by atoms with van der Waals surface area (Å²) in [6.45, 7) is 2.24. The number of hydrogen-bond donors (Lipinski definition) is 2. The lowest BCUT2D eigenvalue weighted by Crippen LogP contribution is -2.81. The summed E-state index contributed by atoms with van der Waals surface area (Å²) in [5.74, 6) is 0.155. The molecule has 172 valence electrons. The second-order valence-electron chi connectivity index (χ2n) is 11.3. The summed E-state index contributed by atoms with van der Waals surface area (Å²) in [6.07, 6.45) is 2.07. The normalized spacial score (nSPS) is 64.9. The zero-order valence-electron chi connectivity index (χ0n) is 18.6. The number of carbonyl (C=O) groups excluding carboxylic acids is 1. The zero-order chi connectivity index (χ0) is 21.6. The second kappa shape index (κ2) is 5.65. The number of amides is 1. The molecule has 2 N–H and O–H groups in total. The Hall–Kier alpha value is -0.770. The number of fused-ring (bicyclic) bond motifs is 1. The molecule has 13 atom stereocenters. The van der Waals surface area contributed by atoms with Crippen molar-refractivity contribution in [3.05, 3.63) is 0 Å². The van der Waals surface area contributed by atoms with Crippen LogP contribution in [0.4, 0.5) is 0 Å². The molecule has 2 aliphatic heterocycles. The fraction of sp³-hybridized carbons (Fsp3) is 0.957. The molecule has 5 aliphatic carbocycles. The highest BCUT2D eigenvalue weighted by atomic mass is 16.7. The van der Waals surface area contributed by atoms with Gasteiger partial charge in [0, 0.05) is 50.9 Å². The fourth-order valence-corrected chi connectivity index (χ4v) is 10.5. The van der Waals surface area contributed by atoms with Crippen LogP contribution in [0.1, 0.15) is 32.6 Å². The van der Waals surface area contributed by atoms with Crippen molar-refractivity contribution < 1.29 is 33.6 Å². The van der Waals surface area contributed by atoms with Crippen molar-refractivity contribution >= 4 is 5.91 Å². The first-order valence-electron chi connectivity index (χ1n) is 11.7. The number of methoxy groups -OCH3 is 3. The molecule has 0 radical (unpaired) electrons. The van der Waals surface area contributed by atoms with Gasteiger partial charge in [0.1, 0.15) is 18.0 Å². The molecule has 7 rings (SSSR count). The summed E-state index contributed by atoms with van der Waals surface area (Å²) in [7, 11) is 5.24. The maximum absolute atomic E-state index is 13.6. The van der Waals surface area contributed by atoms with Crippen LogP contribution in [-0.2, 0) is 28.5 Å². The molecule has 31 heavy (non-hydrogen) atoms. The Balaban J connectivity index is 1.57. The average Bonchev–Trinajstić information content (AvgIpc) is 3.30. The standard InChI is InChI=1S/C23H33NO7/c1-20-6-5-13(28-3)22-11-7-10-12(27-2)8-21(14(11)15(10)25)23(31-9-30-21,17(29-4)16(20)22)18(22)24-19(20)26/h10-18,25H,5-9H2,1-4H3,(H,24,26)/t10-,11-,12+,13+,14-,15+,16-,17+,18+,20-,21-,22+,23+/m1/s1. The number of aliphatic hydroxyl groups excluding tert-OH is 1. The maximum Gasteiger partial charge on any atom is 0.226 e. The zero-order valence-corrected chi connectivity index (χ0v) is 18.6. The highest BCUT2D eigenvalue weighted by Crippen LogP contribution is 2.81. The lowest BCUT2D eigenvalue weighted by molar-refractivity contribution is -0.253. The maximum atomic E-state index is 13.6. The summed E-state index contributed by atoms with van der Waals surface area (Å²) in [4.78, 5) is 13.6. The third kappa shape index (κ3) is 1.63. The molecule has 0 aromatic rings. The third-order valence-corrected chi connectivity index (χ3v) is 11.2. The molecule has 8 nitrogen and oxygen atoms in total. The molecule has 0 unspecified atom stereocenters. The van der Waals surface area contributed by atoms with E-state index in [9.17, 15) is 9.90 Å². The van der Waals surface area contributed by atoms with Crippen LogP contribution < -0.4 is 5.32 Å². The van der Waals surface area contributed by atoms with E-state index >= 15 is 0 Å². The topological polar surface area (TPSA) is 95.5 Å². The average molecular weight is 436 g/mol. The molecule has 8 heteroatoms. The molecular weight excluding hydrogens is 402 g/mol. The minimum absolute atomic E-state index is 0.0343. The second-order valence-corrected chi connectivity index (χ2v) is 11.3. The van der Waals surface area contributed by atoms with E-state index < -0.39 is 22.7 Å². The van der Waals surface area contributed by atoms with Gasteiger partial charge in [-0.15, -0.1) is 0 Å². The van der Waals surface area contributed by atoms with E-state index in [4.69, 9.17) is 23.7 Å². The predicted molar refractivity (Wildman–Crippen MR) is 106 cm³/mol. The van der Waals surface area contributed by atoms with Crippen LogP contribution in [0.15, 0.2) is 0 Å². The Kier molecular flexibility index (Phi) is 3.58. The van der Waals surface area contributed by atoms with Gasteiger partial charge in [0.15, 0.2) is 0 Å². The summed E-state index contributed by atoms with van der Waals surface area (Å²) >= 11 is 0. The van der Waals surface area contributed by atoms with Crippen LogP contribution in [0.5, 0.6) is 0 Å². The van der Waals surface area contributed by atoms with Gasteiger partial charge in [0.05, 0.1) is 35.9 Å². The van der Waals surface area contributed by atoms with Gasteiger partial charge in [-0.3, -0.25) is 4.79 Å². The number of rotatable bonds is 3. The lowest BCUT2D eigenvalue weighted by Gasteiger charge is -2.66. The molecule has 7 bridgehead atoms. The van der Waals surface area contributed by atoms with E-state index in [0.29, 0.717) is 6.42 Å². The number of piperidine rings is 1.